The van der Waals surface area contributed by atoms with Crippen molar-refractivity contribution in [3.63, 3.8) is 0 Å². The quantitative estimate of drug-likeness (QED) is 0.946. The van der Waals surface area contributed by atoms with Gasteiger partial charge in [0, 0.05) is 30.3 Å². The highest BCUT2D eigenvalue weighted by atomic mass is 16.5. The summed E-state index contributed by atoms with van der Waals surface area (Å²) in [5, 5.41) is 7.20. The van der Waals surface area contributed by atoms with Gasteiger partial charge in [-0.3, -0.25) is 4.79 Å². The predicted molar refractivity (Wildman–Crippen MR) is 84.8 cm³/mol. The first-order valence-electron chi connectivity index (χ1n) is 7.53. The fourth-order valence-corrected chi connectivity index (χ4v) is 3.08. The second-order valence-corrected chi connectivity index (χ2v) is 6.04. The molecule has 1 N–H and O–H groups in total. The van der Waals surface area contributed by atoms with Gasteiger partial charge in [-0.25, -0.2) is 0 Å². The Kier molecular flexibility index (Phi) is 3.98. The van der Waals surface area contributed by atoms with Crippen LogP contribution in [0.2, 0.25) is 0 Å². The number of rotatable bonds is 3. The molecule has 2 aromatic rings. The molecule has 1 aromatic carbocycles. The van der Waals surface area contributed by atoms with E-state index < -0.39 is 0 Å². The van der Waals surface area contributed by atoms with Crippen molar-refractivity contribution in [2.24, 2.45) is 5.92 Å². The zero-order valence-corrected chi connectivity index (χ0v) is 13.2. The van der Waals surface area contributed by atoms with Crippen molar-refractivity contribution in [2.75, 3.05) is 25.5 Å². The largest absolute Gasteiger partial charge is 0.361 e. The molecule has 1 fully saturated rings. The van der Waals surface area contributed by atoms with Crippen LogP contribution in [0.1, 0.15) is 22.9 Å². The minimum absolute atomic E-state index is 0.0422. The van der Waals surface area contributed by atoms with E-state index in [0.29, 0.717) is 0 Å². The highest BCUT2D eigenvalue weighted by molar-refractivity contribution is 5.93. The molecule has 22 heavy (non-hydrogen) atoms. The maximum absolute atomic E-state index is 12.7. The SMILES string of the molecule is Cc1onc([C@H]2CN(C)C[C@@H]2C(=O)Nc2ccccc2)c1C. The fourth-order valence-electron chi connectivity index (χ4n) is 3.08. The van der Waals surface area contributed by atoms with Crippen molar-refractivity contribution in [3.05, 3.63) is 47.3 Å². The molecule has 5 heteroatoms. The van der Waals surface area contributed by atoms with Crippen LogP contribution in [0.25, 0.3) is 0 Å². The van der Waals surface area contributed by atoms with E-state index in [9.17, 15) is 4.79 Å². The van der Waals surface area contributed by atoms with E-state index in [1.807, 2.05) is 51.2 Å². The van der Waals surface area contributed by atoms with Gasteiger partial charge in [0.1, 0.15) is 5.76 Å². The molecule has 116 valence electrons. The number of hydrogen-bond donors (Lipinski definition) is 1. The zero-order chi connectivity index (χ0) is 15.7. The molecule has 1 aromatic heterocycles. The van der Waals surface area contributed by atoms with Crippen LogP contribution in [-0.4, -0.2) is 36.1 Å². The van der Waals surface area contributed by atoms with E-state index in [0.717, 1.165) is 35.8 Å². The lowest BCUT2D eigenvalue weighted by atomic mass is 9.90. The lowest BCUT2D eigenvalue weighted by Gasteiger charge is -2.16. The smallest absolute Gasteiger partial charge is 0.229 e. The van der Waals surface area contributed by atoms with E-state index in [1.165, 1.54) is 0 Å². The van der Waals surface area contributed by atoms with Crippen LogP contribution in [0, 0.1) is 19.8 Å². The number of anilines is 1. The molecule has 0 radical (unpaired) electrons. The van der Waals surface area contributed by atoms with Gasteiger partial charge in [-0.1, -0.05) is 23.4 Å². The van der Waals surface area contributed by atoms with Gasteiger partial charge < -0.3 is 14.7 Å². The van der Waals surface area contributed by atoms with Crippen LogP contribution in [0.5, 0.6) is 0 Å². The van der Waals surface area contributed by atoms with Gasteiger partial charge in [0.2, 0.25) is 5.91 Å². The first-order chi connectivity index (χ1) is 10.6. The number of amides is 1. The van der Waals surface area contributed by atoms with E-state index in [4.69, 9.17) is 4.52 Å². The lowest BCUT2D eigenvalue weighted by Crippen LogP contribution is -2.28. The Morgan fingerprint density at radius 2 is 2.00 bits per heavy atom. The molecule has 5 nitrogen and oxygen atoms in total. The third-order valence-corrected chi connectivity index (χ3v) is 4.42. The number of nitrogens with one attached hydrogen (secondary N) is 1. The molecule has 1 aliphatic rings. The highest BCUT2D eigenvalue weighted by Crippen LogP contribution is 2.34. The Bertz CT molecular complexity index is 666. The van der Waals surface area contributed by atoms with Gasteiger partial charge in [0.05, 0.1) is 11.6 Å². The molecule has 0 bridgehead atoms. The zero-order valence-electron chi connectivity index (χ0n) is 13.2. The van der Waals surface area contributed by atoms with Crippen LogP contribution < -0.4 is 5.32 Å². The number of carbonyl (C=O) groups is 1. The highest BCUT2D eigenvalue weighted by Gasteiger charge is 2.39. The number of nitrogens with zero attached hydrogens (tertiary/aromatic N) is 2. The van der Waals surface area contributed by atoms with Crippen LogP contribution in [-0.2, 0) is 4.79 Å². The van der Waals surface area contributed by atoms with Crippen molar-refractivity contribution in [2.45, 2.75) is 19.8 Å². The van der Waals surface area contributed by atoms with Crippen LogP contribution in [0.4, 0.5) is 5.69 Å². The Morgan fingerprint density at radius 1 is 1.27 bits per heavy atom. The fraction of sp³-hybridized carbons (Fsp3) is 0.412. The minimum atomic E-state index is -0.117. The summed E-state index contributed by atoms with van der Waals surface area (Å²) in [7, 11) is 2.03. The first-order valence-corrected chi connectivity index (χ1v) is 7.53. The normalized spacial score (nSPS) is 22.0. The number of carbonyl (C=O) groups excluding carboxylic acids is 1. The van der Waals surface area contributed by atoms with Crippen molar-refractivity contribution in [3.8, 4) is 0 Å². The molecule has 1 saturated heterocycles. The third kappa shape index (κ3) is 2.76. The van der Waals surface area contributed by atoms with Crippen molar-refractivity contribution >= 4 is 11.6 Å². The summed E-state index contributed by atoms with van der Waals surface area (Å²) in [4.78, 5) is 14.8. The molecule has 0 saturated carbocycles. The Labute approximate surface area is 130 Å². The number of likely N-dealkylation sites (N-methyl/N-ethyl adjacent to an activating group) is 1. The van der Waals surface area contributed by atoms with Crippen molar-refractivity contribution < 1.29 is 9.32 Å². The predicted octanol–water partition coefficient (Wildman–Crippen LogP) is 2.58. The van der Waals surface area contributed by atoms with E-state index >= 15 is 0 Å². The monoisotopic (exact) mass is 299 g/mol. The van der Waals surface area contributed by atoms with Gasteiger partial charge >= 0.3 is 0 Å². The standard InChI is InChI=1S/C17H21N3O2/c1-11-12(2)22-19-16(11)14-9-20(3)10-15(14)17(21)18-13-7-5-4-6-8-13/h4-8,14-15H,9-10H2,1-3H3,(H,18,21)/t14-,15-/m0/s1. The van der Waals surface area contributed by atoms with Crippen molar-refractivity contribution in [1.29, 1.82) is 0 Å². The summed E-state index contributed by atoms with van der Waals surface area (Å²) >= 11 is 0. The van der Waals surface area contributed by atoms with Gasteiger partial charge in [-0.05, 0) is 33.0 Å². The maximum Gasteiger partial charge on any atom is 0.229 e. The maximum atomic E-state index is 12.7. The van der Waals surface area contributed by atoms with Crippen molar-refractivity contribution in [1.82, 2.24) is 10.1 Å². The second-order valence-electron chi connectivity index (χ2n) is 6.04. The number of likely N-dealkylation sites (tertiary alicyclic amines) is 1. The number of hydrogen-bond acceptors (Lipinski definition) is 4. The minimum Gasteiger partial charge on any atom is -0.361 e. The number of benzene rings is 1. The summed E-state index contributed by atoms with van der Waals surface area (Å²) in [5.74, 6) is 0.826. The van der Waals surface area contributed by atoms with Gasteiger partial charge in [-0.15, -0.1) is 0 Å². The molecule has 0 unspecified atom stereocenters. The molecule has 2 atom stereocenters. The molecule has 0 spiro atoms. The van der Waals surface area contributed by atoms with Gasteiger partial charge in [0.25, 0.3) is 0 Å². The second kappa shape index (κ2) is 5.93. The lowest BCUT2D eigenvalue weighted by molar-refractivity contribution is -0.119. The summed E-state index contributed by atoms with van der Waals surface area (Å²) in [5.41, 5.74) is 2.79. The molecule has 3 rings (SSSR count). The average Bonchev–Trinajstić information content (AvgIpc) is 3.04. The van der Waals surface area contributed by atoms with Crippen LogP contribution in [0.15, 0.2) is 34.9 Å². The van der Waals surface area contributed by atoms with Crippen LogP contribution in [0.3, 0.4) is 0 Å². The van der Waals surface area contributed by atoms with Gasteiger partial charge in [-0.2, -0.15) is 0 Å². The third-order valence-electron chi connectivity index (χ3n) is 4.42. The summed E-state index contributed by atoms with van der Waals surface area (Å²) in [6, 6.07) is 9.56. The molecule has 2 heterocycles. The molecular weight excluding hydrogens is 278 g/mol. The Morgan fingerprint density at radius 3 is 2.64 bits per heavy atom. The average molecular weight is 299 g/mol. The summed E-state index contributed by atoms with van der Waals surface area (Å²) in [6.45, 7) is 5.46. The molecule has 1 amide bonds. The summed E-state index contributed by atoms with van der Waals surface area (Å²) in [6.07, 6.45) is 0. The topological polar surface area (TPSA) is 58.4 Å². The summed E-state index contributed by atoms with van der Waals surface area (Å²) < 4.78 is 5.29. The molecule has 0 aliphatic carbocycles. The van der Waals surface area contributed by atoms with Gasteiger partial charge in [0.15, 0.2) is 0 Å². The van der Waals surface area contributed by atoms with Crippen LogP contribution >= 0.6 is 0 Å². The van der Waals surface area contributed by atoms with E-state index in [-0.39, 0.29) is 17.7 Å². The molecular formula is C17H21N3O2. The van der Waals surface area contributed by atoms with E-state index in [1.54, 1.807) is 0 Å². The Balaban J connectivity index is 1.81. The molecule has 1 aliphatic heterocycles. The Hall–Kier alpha value is -2.14. The van der Waals surface area contributed by atoms with E-state index in [2.05, 4.69) is 15.4 Å². The number of aryl methyl sites for hydroxylation is 1. The number of para-hydroxylation sites is 1. The first kappa shape index (κ1) is 14.8. The number of aromatic nitrogens is 1.